The fourth-order valence-electron chi connectivity index (χ4n) is 14.2. The van der Waals surface area contributed by atoms with E-state index in [4.69, 9.17) is 4.74 Å². The van der Waals surface area contributed by atoms with E-state index < -0.39 is 17.7 Å². The van der Waals surface area contributed by atoms with Gasteiger partial charge in [0.2, 0.25) is 11.8 Å². The van der Waals surface area contributed by atoms with Crippen LogP contribution in [0.4, 0.5) is 4.79 Å². The summed E-state index contributed by atoms with van der Waals surface area (Å²) in [5.41, 5.74) is 1.01. The summed E-state index contributed by atoms with van der Waals surface area (Å²) in [6.45, 7) is 30.1. The van der Waals surface area contributed by atoms with Crippen molar-refractivity contribution in [1.82, 2.24) is 16.0 Å². The van der Waals surface area contributed by atoms with Crippen LogP contribution in [0.15, 0.2) is 12.2 Å². The van der Waals surface area contributed by atoms with Gasteiger partial charge in [-0.15, -0.1) is 0 Å². The maximum Gasteiger partial charge on any atom is 0.414 e. The predicted molar refractivity (Wildman–Crippen MR) is 227 cm³/mol. The summed E-state index contributed by atoms with van der Waals surface area (Å²) in [4.78, 5) is 39.3. The van der Waals surface area contributed by atoms with Crippen molar-refractivity contribution in [1.29, 1.82) is 0 Å². The molecule has 0 bridgehead atoms. The third kappa shape index (κ3) is 8.41. The number of unbranched alkanes of at least 4 members (excludes halogenated alkanes) is 5. The minimum Gasteiger partial charge on any atom is -0.444 e. The number of alkyl carbamates (subject to hydrolysis) is 1. The number of fused-ring (bicyclic) bond motifs is 7. The fraction of sp³-hybridized carbons (Fsp3) is 0.896. The highest BCUT2D eigenvalue weighted by atomic mass is 16.6. The second-order valence-corrected chi connectivity index (χ2v) is 22.3. The van der Waals surface area contributed by atoms with Crippen molar-refractivity contribution in [2.24, 2.45) is 62.6 Å². The number of ether oxygens (including phenoxy) is 1. The molecule has 0 radical (unpaired) electrons. The molecule has 0 heterocycles. The van der Waals surface area contributed by atoms with Gasteiger partial charge in [0.15, 0.2) is 0 Å². The summed E-state index contributed by atoms with van der Waals surface area (Å²) >= 11 is 0. The van der Waals surface area contributed by atoms with Gasteiger partial charge < -0.3 is 20.5 Å². The lowest BCUT2D eigenvalue weighted by atomic mass is 9.32. The molecule has 0 aromatic carbocycles. The molecule has 0 spiro atoms. The van der Waals surface area contributed by atoms with E-state index in [2.05, 4.69) is 64.1 Å². The van der Waals surface area contributed by atoms with Gasteiger partial charge >= 0.3 is 6.09 Å². The number of rotatable bonds is 14. The normalized spacial score (nSPS) is 38.0. The van der Waals surface area contributed by atoms with E-state index >= 15 is 0 Å². The Bertz CT molecular complexity index is 1440. The van der Waals surface area contributed by atoms with E-state index in [0.717, 1.165) is 90.1 Å². The van der Waals surface area contributed by atoms with E-state index in [9.17, 15) is 19.5 Å². The largest absolute Gasteiger partial charge is 0.444 e. The quantitative estimate of drug-likeness (QED) is 0.103. The number of hydrogen-bond donors (Lipinski definition) is 4. The minimum absolute atomic E-state index is 0.0372. The molecule has 0 aromatic rings. The Morgan fingerprint density at radius 3 is 2.05 bits per heavy atom. The molecule has 8 heteroatoms. The topological polar surface area (TPSA) is 117 Å². The first kappa shape index (κ1) is 45.2. The average molecular weight is 782 g/mol. The summed E-state index contributed by atoms with van der Waals surface area (Å²) in [6, 6.07) is -0.449. The molecule has 11 atom stereocenters. The molecule has 56 heavy (non-hydrogen) atoms. The number of aliphatic hydroxyl groups excluding tert-OH is 1. The molecule has 4 N–H and O–H groups in total. The van der Waals surface area contributed by atoms with Crippen LogP contribution >= 0.6 is 0 Å². The fourth-order valence-corrected chi connectivity index (χ4v) is 14.2. The van der Waals surface area contributed by atoms with Gasteiger partial charge in [0.25, 0.3) is 0 Å². The zero-order chi connectivity index (χ0) is 41.5. The second kappa shape index (κ2) is 17.0. The molecular weight excluding hydrogens is 699 g/mol. The molecule has 5 aliphatic carbocycles. The van der Waals surface area contributed by atoms with Crippen LogP contribution in [-0.2, 0) is 14.3 Å². The average Bonchev–Trinajstić information content (AvgIpc) is 3.49. The van der Waals surface area contributed by atoms with Crippen molar-refractivity contribution in [3.8, 4) is 0 Å². The highest BCUT2D eigenvalue weighted by Gasteiger charge is 2.71. The first-order chi connectivity index (χ1) is 26.0. The molecule has 0 aromatic heterocycles. The molecule has 5 fully saturated rings. The van der Waals surface area contributed by atoms with E-state index in [0.29, 0.717) is 35.5 Å². The third-order valence-corrected chi connectivity index (χ3v) is 17.3. The summed E-state index contributed by atoms with van der Waals surface area (Å²) in [7, 11) is 0. The van der Waals surface area contributed by atoms with Crippen LogP contribution in [0.3, 0.4) is 0 Å². The Morgan fingerprint density at radius 2 is 1.43 bits per heavy atom. The Labute approximate surface area is 341 Å². The van der Waals surface area contributed by atoms with Gasteiger partial charge in [-0.3, -0.25) is 14.9 Å². The van der Waals surface area contributed by atoms with E-state index in [1.54, 1.807) is 20.8 Å². The molecule has 0 saturated heterocycles. The van der Waals surface area contributed by atoms with Gasteiger partial charge in [-0.25, -0.2) is 4.79 Å². The number of carbonyl (C=O) groups excluding carboxylic acids is 3. The molecule has 3 amide bonds. The number of aliphatic hydroxyl groups is 1. The highest BCUT2D eigenvalue weighted by molar-refractivity contribution is 5.95. The Hall–Kier alpha value is -1.93. The van der Waals surface area contributed by atoms with Gasteiger partial charge in [0, 0.05) is 6.54 Å². The maximum atomic E-state index is 14.5. The van der Waals surface area contributed by atoms with Crippen LogP contribution in [0, 0.1) is 62.6 Å². The van der Waals surface area contributed by atoms with E-state index in [1.165, 1.54) is 31.3 Å². The van der Waals surface area contributed by atoms with Crippen LogP contribution < -0.4 is 16.0 Å². The van der Waals surface area contributed by atoms with E-state index in [1.807, 2.05) is 13.8 Å². The summed E-state index contributed by atoms with van der Waals surface area (Å²) in [5, 5.41) is 20.3. The smallest absolute Gasteiger partial charge is 0.414 e. The number of allylic oxidation sites excluding steroid dienone is 1. The monoisotopic (exact) mass is 782 g/mol. The summed E-state index contributed by atoms with van der Waals surface area (Å²) in [6.07, 6.45) is 16.7. The van der Waals surface area contributed by atoms with Gasteiger partial charge in [0.05, 0.1) is 17.6 Å². The van der Waals surface area contributed by atoms with Crippen LogP contribution in [-0.4, -0.2) is 53.9 Å². The van der Waals surface area contributed by atoms with Crippen LogP contribution in [0.1, 0.15) is 179 Å². The first-order valence-electron chi connectivity index (χ1n) is 22.9. The maximum absolute atomic E-state index is 14.5. The number of hydrogen-bond acceptors (Lipinski definition) is 6. The van der Waals surface area contributed by atoms with Crippen LogP contribution in [0.5, 0.6) is 0 Å². The molecule has 5 saturated carbocycles. The standard InChI is InChI=1S/C48H83N3O5/c1-31(2)33-21-26-48(41(54)50-30-18-16-14-13-15-17-29-49-39(32(3)4)40(53)51-42(55)56-43(5,6)7)28-27-46(11)34(38(33)48)19-20-36-45(10)24-23-37(52)44(8,9)35(45)22-25-47(36,46)12/h32-39,49,52H,1,13-30H2,2-12H3,(H,50,54)(H,51,53,55)/t33-,34+,35-,36+,37-,38+,39-,45-,46+,47+,48-/m0/s1. The number of imide groups is 1. The predicted octanol–water partition coefficient (Wildman–Crippen LogP) is 10.1. The lowest BCUT2D eigenvalue weighted by Gasteiger charge is -2.72. The molecule has 0 aliphatic heterocycles. The van der Waals surface area contributed by atoms with Crippen molar-refractivity contribution in [2.75, 3.05) is 13.1 Å². The Balaban J connectivity index is 1.11. The van der Waals surface area contributed by atoms with Crippen LogP contribution in [0.25, 0.3) is 0 Å². The van der Waals surface area contributed by atoms with Crippen molar-refractivity contribution < 1.29 is 24.2 Å². The molecule has 320 valence electrons. The van der Waals surface area contributed by atoms with Gasteiger partial charge in [0.1, 0.15) is 5.60 Å². The second-order valence-electron chi connectivity index (χ2n) is 22.3. The Morgan fingerprint density at radius 1 is 0.786 bits per heavy atom. The zero-order valence-corrected chi connectivity index (χ0v) is 37.6. The lowest BCUT2D eigenvalue weighted by molar-refractivity contribution is -0.246. The van der Waals surface area contributed by atoms with E-state index in [-0.39, 0.29) is 45.0 Å². The third-order valence-electron chi connectivity index (χ3n) is 17.3. The van der Waals surface area contributed by atoms with Crippen molar-refractivity contribution >= 4 is 17.9 Å². The van der Waals surface area contributed by atoms with Crippen molar-refractivity contribution in [2.45, 2.75) is 197 Å². The van der Waals surface area contributed by atoms with Crippen molar-refractivity contribution in [3.63, 3.8) is 0 Å². The number of carbonyl (C=O) groups is 3. The Kier molecular flexibility index (Phi) is 13.7. The molecule has 0 unspecified atom stereocenters. The molecule has 8 nitrogen and oxygen atoms in total. The van der Waals surface area contributed by atoms with Crippen LogP contribution in [0.2, 0.25) is 0 Å². The molecule has 5 rings (SSSR count). The first-order valence-corrected chi connectivity index (χ1v) is 22.9. The molecular formula is C48H83N3O5. The van der Waals surface area contributed by atoms with Gasteiger partial charge in [-0.2, -0.15) is 0 Å². The summed E-state index contributed by atoms with van der Waals surface area (Å²) in [5.74, 6) is 2.58. The number of nitrogens with one attached hydrogen (secondary N) is 3. The van der Waals surface area contributed by atoms with Gasteiger partial charge in [-0.1, -0.05) is 86.3 Å². The highest BCUT2D eigenvalue weighted by Crippen LogP contribution is 2.77. The van der Waals surface area contributed by atoms with Gasteiger partial charge in [-0.05, 0) is 168 Å². The SMILES string of the molecule is C=C(C)[C@@H]1CC[C@]2(C(=O)NCCCCCCCCN[C@H](C(=O)NC(=O)OC(C)(C)C)C(C)C)CC[C@]3(C)[C@H](CC[C@@H]4[C@@]5(C)CC[C@H](O)C(C)(C)[C@@H]5CC[C@]43C)[C@@H]12. The summed E-state index contributed by atoms with van der Waals surface area (Å²) < 4.78 is 5.25. The molecule has 5 aliphatic rings. The number of amides is 3. The minimum atomic E-state index is -0.707. The lowest BCUT2D eigenvalue weighted by Crippen LogP contribution is -2.67. The van der Waals surface area contributed by atoms with Crippen molar-refractivity contribution in [3.05, 3.63) is 12.2 Å². The zero-order valence-electron chi connectivity index (χ0n) is 37.6.